The lowest BCUT2D eigenvalue weighted by Gasteiger charge is -2.31. The molecule has 1 aliphatic carbocycles. The van der Waals surface area contributed by atoms with Crippen molar-refractivity contribution in [3.8, 4) is 0 Å². The van der Waals surface area contributed by atoms with Gasteiger partial charge < -0.3 is 14.3 Å². The quantitative estimate of drug-likeness (QED) is 0.922. The zero-order valence-electron chi connectivity index (χ0n) is 8.70. The second-order valence-electron chi connectivity index (χ2n) is 4.01. The van der Waals surface area contributed by atoms with Crippen molar-refractivity contribution < 1.29 is 14.3 Å². The number of ether oxygens (including phenoxy) is 1. The van der Waals surface area contributed by atoms with E-state index in [4.69, 9.17) is 9.15 Å². The first-order chi connectivity index (χ1) is 7.19. The summed E-state index contributed by atoms with van der Waals surface area (Å²) >= 11 is 3.36. The zero-order valence-corrected chi connectivity index (χ0v) is 10.3. The van der Waals surface area contributed by atoms with Gasteiger partial charge in [0, 0.05) is 7.11 Å². The highest BCUT2D eigenvalue weighted by atomic mass is 79.9. The average molecular weight is 275 g/mol. The van der Waals surface area contributed by atoms with Gasteiger partial charge in [0.25, 0.3) is 0 Å². The maximum atomic E-state index is 10.3. The number of methoxy groups -OCH3 is 1. The Hall–Kier alpha value is -0.320. The monoisotopic (exact) mass is 274 g/mol. The van der Waals surface area contributed by atoms with Crippen molar-refractivity contribution in [2.45, 2.75) is 37.4 Å². The summed E-state index contributed by atoms with van der Waals surface area (Å²) in [4.78, 5) is 0. The minimum atomic E-state index is -0.686. The van der Waals surface area contributed by atoms with Gasteiger partial charge in [0.05, 0.1) is 10.7 Å². The molecular weight excluding hydrogens is 260 g/mol. The van der Waals surface area contributed by atoms with Gasteiger partial charge in [0.2, 0.25) is 0 Å². The van der Waals surface area contributed by atoms with E-state index in [0.29, 0.717) is 5.76 Å². The fraction of sp³-hybridized carbons (Fsp3) is 0.636. The van der Waals surface area contributed by atoms with Crippen LogP contribution in [0.15, 0.2) is 21.2 Å². The second-order valence-corrected chi connectivity index (χ2v) is 4.87. The third-order valence-electron chi connectivity index (χ3n) is 3.25. The van der Waals surface area contributed by atoms with E-state index >= 15 is 0 Å². The number of rotatable bonds is 3. The van der Waals surface area contributed by atoms with E-state index in [-0.39, 0.29) is 0 Å². The Bertz CT molecular complexity index is 328. The molecule has 1 heterocycles. The molecule has 1 saturated carbocycles. The van der Waals surface area contributed by atoms with Crippen LogP contribution in [0.2, 0.25) is 0 Å². The molecule has 1 aromatic rings. The predicted octanol–water partition coefficient (Wildman–Crippen LogP) is 3.03. The van der Waals surface area contributed by atoms with Crippen LogP contribution < -0.4 is 0 Å². The lowest BCUT2D eigenvalue weighted by molar-refractivity contribution is -0.108. The second kappa shape index (κ2) is 4.28. The Balaban J connectivity index is 2.26. The summed E-state index contributed by atoms with van der Waals surface area (Å²) in [7, 11) is 1.66. The maximum Gasteiger partial charge on any atom is 0.149 e. The molecular formula is C11H15BrO3. The predicted molar refractivity (Wildman–Crippen MR) is 59.6 cm³/mol. The minimum absolute atomic E-state index is 0.458. The Morgan fingerprint density at radius 1 is 1.53 bits per heavy atom. The van der Waals surface area contributed by atoms with Crippen LogP contribution in [0.3, 0.4) is 0 Å². The first kappa shape index (κ1) is 11.2. The van der Waals surface area contributed by atoms with E-state index < -0.39 is 11.7 Å². The summed E-state index contributed by atoms with van der Waals surface area (Å²) in [6, 6.07) is 1.79. The van der Waals surface area contributed by atoms with Gasteiger partial charge in [-0.15, -0.1) is 0 Å². The van der Waals surface area contributed by atoms with Gasteiger partial charge in [-0.2, -0.15) is 0 Å². The van der Waals surface area contributed by atoms with Gasteiger partial charge in [-0.05, 0) is 34.8 Å². The van der Waals surface area contributed by atoms with Gasteiger partial charge in [-0.1, -0.05) is 12.8 Å². The molecule has 0 spiro atoms. The fourth-order valence-corrected chi connectivity index (χ4v) is 2.72. The van der Waals surface area contributed by atoms with Crippen LogP contribution in [0.25, 0.3) is 0 Å². The molecule has 0 bridgehead atoms. The van der Waals surface area contributed by atoms with Crippen LogP contribution in [0.1, 0.15) is 37.5 Å². The van der Waals surface area contributed by atoms with Crippen molar-refractivity contribution >= 4 is 15.9 Å². The Morgan fingerprint density at radius 2 is 2.20 bits per heavy atom. The molecule has 1 aliphatic rings. The van der Waals surface area contributed by atoms with E-state index in [0.717, 1.165) is 30.2 Å². The highest BCUT2D eigenvalue weighted by Gasteiger charge is 2.43. The number of aliphatic hydroxyl groups is 1. The van der Waals surface area contributed by atoms with Gasteiger partial charge in [0.1, 0.15) is 17.5 Å². The molecule has 1 unspecified atom stereocenters. The molecule has 2 rings (SSSR count). The van der Waals surface area contributed by atoms with E-state index in [1.165, 1.54) is 0 Å². The van der Waals surface area contributed by atoms with Crippen LogP contribution in [-0.2, 0) is 4.74 Å². The highest BCUT2D eigenvalue weighted by Crippen LogP contribution is 2.44. The third kappa shape index (κ3) is 1.86. The lowest BCUT2D eigenvalue weighted by Crippen LogP contribution is -2.35. The van der Waals surface area contributed by atoms with E-state index in [1.807, 2.05) is 0 Å². The molecule has 0 radical (unpaired) electrons. The highest BCUT2D eigenvalue weighted by molar-refractivity contribution is 9.10. The standard InChI is InChI=1S/C11H15BrO3/c1-14-11(5-2-3-6-11)10(13)9-8(12)4-7-15-9/h4,7,10,13H,2-3,5-6H2,1H3. The van der Waals surface area contributed by atoms with E-state index in [1.54, 1.807) is 19.4 Å². The summed E-state index contributed by atoms with van der Waals surface area (Å²) in [6.45, 7) is 0. The summed E-state index contributed by atoms with van der Waals surface area (Å²) in [5, 5.41) is 10.3. The molecule has 0 saturated heterocycles. The molecule has 1 N–H and O–H groups in total. The van der Waals surface area contributed by atoms with Crippen LogP contribution >= 0.6 is 15.9 Å². The van der Waals surface area contributed by atoms with Crippen molar-refractivity contribution in [2.75, 3.05) is 7.11 Å². The minimum Gasteiger partial charge on any atom is -0.465 e. The smallest absolute Gasteiger partial charge is 0.149 e. The Kier molecular flexibility index (Phi) is 3.19. The van der Waals surface area contributed by atoms with E-state index in [9.17, 15) is 5.11 Å². The van der Waals surface area contributed by atoms with Crippen LogP contribution in [-0.4, -0.2) is 17.8 Å². The normalized spacial score (nSPS) is 21.8. The number of hydrogen-bond acceptors (Lipinski definition) is 3. The average Bonchev–Trinajstić information content (AvgIpc) is 2.86. The van der Waals surface area contributed by atoms with Crippen molar-refractivity contribution in [1.29, 1.82) is 0 Å². The largest absolute Gasteiger partial charge is 0.465 e. The molecule has 1 fully saturated rings. The number of halogens is 1. The topological polar surface area (TPSA) is 42.6 Å². The van der Waals surface area contributed by atoms with Crippen molar-refractivity contribution in [1.82, 2.24) is 0 Å². The molecule has 4 heteroatoms. The first-order valence-electron chi connectivity index (χ1n) is 5.16. The SMILES string of the molecule is COC1(C(O)c2occc2Br)CCCC1. The molecule has 0 aromatic carbocycles. The number of furan rings is 1. The van der Waals surface area contributed by atoms with Crippen molar-refractivity contribution in [2.24, 2.45) is 0 Å². The van der Waals surface area contributed by atoms with Crippen molar-refractivity contribution in [3.05, 3.63) is 22.6 Å². The number of hydrogen-bond donors (Lipinski definition) is 1. The fourth-order valence-electron chi connectivity index (χ4n) is 2.30. The molecule has 84 valence electrons. The van der Waals surface area contributed by atoms with Gasteiger partial charge >= 0.3 is 0 Å². The lowest BCUT2D eigenvalue weighted by atomic mass is 9.93. The Labute approximate surface area is 97.5 Å². The summed E-state index contributed by atoms with van der Waals surface area (Å²) in [5.74, 6) is 0.568. The van der Waals surface area contributed by atoms with Crippen molar-refractivity contribution in [3.63, 3.8) is 0 Å². The Morgan fingerprint density at radius 3 is 2.67 bits per heavy atom. The van der Waals surface area contributed by atoms with Gasteiger partial charge in [0.15, 0.2) is 0 Å². The molecule has 1 aromatic heterocycles. The van der Waals surface area contributed by atoms with Gasteiger partial charge in [-0.25, -0.2) is 0 Å². The summed E-state index contributed by atoms with van der Waals surface area (Å²) in [6.07, 6.45) is 4.86. The van der Waals surface area contributed by atoms with E-state index in [2.05, 4.69) is 15.9 Å². The molecule has 0 aliphatic heterocycles. The maximum absolute atomic E-state index is 10.3. The molecule has 1 atom stereocenters. The van der Waals surface area contributed by atoms with Crippen LogP contribution in [0, 0.1) is 0 Å². The van der Waals surface area contributed by atoms with Crippen LogP contribution in [0.5, 0.6) is 0 Å². The molecule has 15 heavy (non-hydrogen) atoms. The zero-order chi connectivity index (χ0) is 10.9. The van der Waals surface area contributed by atoms with Crippen LogP contribution in [0.4, 0.5) is 0 Å². The molecule has 0 amide bonds. The third-order valence-corrected chi connectivity index (χ3v) is 3.90. The number of aliphatic hydroxyl groups excluding tert-OH is 1. The van der Waals surface area contributed by atoms with Gasteiger partial charge in [-0.3, -0.25) is 0 Å². The first-order valence-corrected chi connectivity index (χ1v) is 5.95. The summed E-state index contributed by atoms with van der Waals surface area (Å²) < 4.78 is 11.6. The summed E-state index contributed by atoms with van der Waals surface area (Å²) in [5.41, 5.74) is -0.458. The molecule has 3 nitrogen and oxygen atoms in total.